The minimum atomic E-state index is -0.810. The second kappa shape index (κ2) is 7.85. The van der Waals surface area contributed by atoms with Crippen LogP contribution in [-0.2, 0) is 9.59 Å². The molecule has 1 aromatic carbocycles. The molecule has 1 aliphatic carbocycles. The van der Waals surface area contributed by atoms with E-state index >= 15 is 0 Å². The minimum absolute atomic E-state index is 0.0881. The second-order valence-corrected chi connectivity index (χ2v) is 5.90. The molecule has 6 nitrogen and oxygen atoms in total. The average Bonchev–Trinajstić information content (AvgIpc) is 3.03. The molecule has 1 fully saturated rings. The summed E-state index contributed by atoms with van der Waals surface area (Å²) in [5.74, 6) is -0.108. The van der Waals surface area contributed by atoms with Crippen molar-refractivity contribution in [1.29, 1.82) is 0 Å². The molecule has 6 heteroatoms. The summed E-state index contributed by atoms with van der Waals surface area (Å²) in [6.45, 7) is 2.25. The normalized spacial score (nSPS) is 21.5. The third-order valence-electron chi connectivity index (χ3n) is 4.09. The fourth-order valence-electron chi connectivity index (χ4n) is 2.78. The van der Waals surface area contributed by atoms with E-state index in [-0.39, 0.29) is 17.9 Å². The fourth-order valence-corrected chi connectivity index (χ4v) is 2.78. The number of methoxy groups -OCH3 is 1. The predicted octanol–water partition coefficient (Wildman–Crippen LogP) is 2.08. The average molecular weight is 321 g/mol. The largest absolute Gasteiger partial charge is 0.497 e. The summed E-state index contributed by atoms with van der Waals surface area (Å²) in [7, 11) is 1.59. The molecule has 1 aromatic rings. The van der Waals surface area contributed by atoms with E-state index in [4.69, 9.17) is 14.6 Å². The molecule has 0 spiro atoms. The van der Waals surface area contributed by atoms with Crippen molar-refractivity contribution in [1.82, 2.24) is 5.32 Å². The fraction of sp³-hybridized carbons (Fsp3) is 0.529. The number of carboxylic acids is 1. The minimum Gasteiger partial charge on any atom is -0.497 e. The van der Waals surface area contributed by atoms with Crippen LogP contribution in [0.2, 0.25) is 0 Å². The topological polar surface area (TPSA) is 84.9 Å². The first-order valence-electron chi connectivity index (χ1n) is 7.80. The molecule has 0 aliphatic heterocycles. The Hall–Kier alpha value is -2.24. The number of carbonyl (C=O) groups excluding carboxylic acids is 1. The van der Waals surface area contributed by atoms with Crippen LogP contribution in [0.25, 0.3) is 0 Å². The molecule has 0 bridgehead atoms. The van der Waals surface area contributed by atoms with Crippen LogP contribution in [-0.4, -0.2) is 36.7 Å². The van der Waals surface area contributed by atoms with E-state index < -0.39 is 11.9 Å². The van der Waals surface area contributed by atoms with Gasteiger partial charge < -0.3 is 19.9 Å². The Morgan fingerprint density at radius 3 is 2.65 bits per heavy atom. The molecule has 3 atom stereocenters. The van der Waals surface area contributed by atoms with Gasteiger partial charge >= 0.3 is 5.97 Å². The monoisotopic (exact) mass is 321 g/mol. The number of carbonyl (C=O) groups is 2. The number of carboxylic acid groups (broad SMARTS) is 1. The molecule has 0 heterocycles. The molecule has 0 radical (unpaired) electrons. The third kappa shape index (κ3) is 4.87. The van der Waals surface area contributed by atoms with E-state index in [9.17, 15) is 9.59 Å². The zero-order valence-corrected chi connectivity index (χ0v) is 13.5. The Bertz CT molecular complexity index is 560. The van der Waals surface area contributed by atoms with Gasteiger partial charge in [-0.2, -0.15) is 0 Å². The maximum absolute atomic E-state index is 12.1. The van der Waals surface area contributed by atoms with Crippen molar-refractivity contribution in [2.45, 2.75) is 32.3 Å². The quantitative estimate of drug-likeness (QED) is 0.803. The van der Waals surface area contributed by atoms with Gasteiger partial charge in [0.25, 0.3) is 0 Å². The van der Waals surface area contributed by atoms with Gasteiger partial charge in [0.1, 0.15) is 17.6 Å². The zero-order chi connectivity index (χ0) is 16.8. The highest BCUT2D eigenvalue weighted by Crippen LogP contribution is 2.31. The third-order valence-corrected chi connectivity index (χ3v) is 4.09. The molecule has 2 rings (SSSR count). The summed E-state index contributed by atoms with van der Waals surface area (Å²) in [5.41, 5.74) is 0. The van der Waals surface area contributed by atoms with Gasteiger partial charge in [0.15, 0.2) is 0 Å². The SMILES string of the molecule is COc1cccc(OC(C)CNC(=O)[C@@H]2CC[C@H](C(=O)O)C2)c1. The predicted molar refractivity (Wildman–Crippen MR) is 84.6 cm³/mol. The Morgan fingerprint density at radius 1 is 1.30 bits per heavy atom. The van der Waals surface area contributed by atoms with E-state index in [1.54, 1.807) is 13.2 Å². The molecule has 1 saturated carbocycles. The number of aliphatic carboxylic acids is 1. The molecular weight excluding hydrogens is 298 g/mol. The maximum atomic E-state index is 12.1. The van der Waals surface area contributed by atoms with Crippen molar-refractivity contribution < 1.29 is 24.2 Å². The van der Waals surface area contributed by atoms with E-state index in [1.165, 1.54) is 0 Å². The Morgan fingerprint density at radius 2 is 2.00 bits per heavy atom. The second-order valence-electron chi connectivity index (χ2n) is 5.90. The van der Waals surface area contributed by atoms with Crippen molar-refractivity contribution in [2.24, 2.45) is 11.8 Å². The first-order valence-corrected chi connectivity index (χ1v) is 7.80. The lowest BCUT2D eigenvalue weighted by atomic mass is 10.0. The number of hydrogen-bond donors (Lipinski definition) is 2. The van der Waals surface area contributed by atoms with E-state index in [2.05, 4.69) is 5.32 Å². The summed E-state index contributed by atoms with van der Waals surface area (Å²) in [6.07, 6.45) is 1.44. The van der Waals surface area contributed by atoms with Crippen LogP contribution < -0.4 is 14.8 Å². The number of amides is 1. The summed E-state index contributed by atoms with van der Waals surface area (Å²) < 4.78 is 10.9. The summed E-state index contributed by atoms with van der Waals surface area (Å²) >= 11 is 0. The van der Waals surface area contributed by atoms with E-state index in [1.807, 2.05) is 25.1 Å². The van der Waals surface area contributed by atoms with Gasteiger partial charge in [0, 0.05) is 12.0 Å². The highest BCUT2D eigenvalue weighted by Gasteiger charge is 2.33. The van der Waals surface area contributed by atoms with Crippen LogP contribution in [0.4, 0.5) is 0 Å². The van der Waals surface area contributed by atoms with Crippen LogP contribution >= 0.6 is 0 Å². The number of ether oxygens (including phenoxy) is 2. The van der Waals surface area contributed by atoms with Gasteiger partial charge in [0.05, 0.1) is 19.6 Å². The molecule has 1 aliphatic rings. The van der Waals surface area contributed by atoms with Crippen LogP contribution in [0.1, 0.15) is 26.2 Å². The first-order chi connectivity index (χ1) is 11.0. The van der Waals surface area contributed by atoms with Gasteiger partial charge in [-0.15, -0.1) is 0 Å². The number of rotatable bonds is 7. The molecule has 0 saturated heterocycles. The standard InChI is InChI=1S/C17H23NO5/c1-11(23-15-5-3-4-14(9-15)22-2)10-18-16(19)12-6-7-13(8-12)17(20)21/h3-5,9,11-13H,6-8,10H2,1-2H3,(H,18,19)(H,20,21)/t11?,12-,13+/m1/s1. The molecule has 23 heavy (non-hydrogen) atoms. The lowest BCUT2D eigenvalue weighted by Gasteiger charge is -2.17. The lowest BCUT2D eigenvalue weighted by molar-refractivity contribution is -0.141. The van der Waals surface area contributed by atoms with Gasteiger partial charge in [-0.25, -0.2) is 0 Å². The highest BCUT2D eigenvalue weighted by molar-refractivity contribution is 5.80. The Labute approximate surface area is 135 Å². The zero-order valence-electron chi connectivity index (χ0n) is 13.5. The Balaban J connectivity index is 1.76. The van der Waals surface area contributed by atoms with Crippen LogP contribution in [0.3, 0.4) is 0 Å². The van der Waals surface area contributed by atoms with Gasteiger partial charge in [0.2, 0.25) is 5.91 Å². The highest BCUT2D eigenvalue weighted by atomic mass is 16.5. The molecular formula is C17H23NO5. The smallest absolute Gasteiger partial charge is 0.306 e. The molecule has 126 valence electrons. The van der Waals surface area contributed by atoms with Gasteiger partial charge in [-0.05, 0) is 38.3 Å². The molecule has 0 aromatic heterocycles. The number of hydrogen-bond acceptors (Lipinski definition) is 4. The van der Waals surface area contributed by atoms with E-state index in [0.717, 1.165) is 0 Å². The lowest BCUT2D eigenvalue weighted by Crippen LogP contribution is -2.36. The van der Waals surface area contributed by atoms with Crippen molar-refractivity contribution in [3.05, 3.63) is 24.3 Å². The van der Waals surface area contributed by atoms with Crippen molar-refractivity contribution in [3.8, 4) is 11.5 Å². The van der Waals surface area contributed by atoms with Crippen molar-refractivity contribution >= 4 is 11.9 Å². The van der Waals surface area contributed by atoms with Crippen LogP contribution in [0.15, 0.2) is 24.3 Å². The molecule has 1 amide bonds. The number of nitrogens with one attached hydrogen (secondary N) is 1. The summed E-state index contributed by atoms with van der Waals surface area (Å²) in [4.78, 5) is 23.0. The number of benzene rings is 1. The Kier molecular flexibility index (Phi) is 5.84. The van der Waals surface area contributed by atoms with Crippen molar-refractivity contribution in [3.63, 3.8) is 0 Å². The van der Waals surface area contributed by atoms with Gasteiger partial charge in [-0.1, -0.05) is 6.07 Å². The van der Waals surface area contributed by atoms with Crippen LogP contribution in [0, 0.1) is 11.8 Å². The molecule has 1 unspecified atom stereocenters. The maximum Gasteiger partial charge on any atom is 0.306 e. The first kappa shape index (κ1) is 17.1. The van der Waals surface area contributed by atoms with Crippen molar-refractivity contribution in [2.75, 3.05) is 13.7 Å². The molecule has 2 N–H and O–H groups in total. The van der Waals surface area contributed by atoms with Gasteiger partial charge in [-0.3, -0.25) is 9.59 Å². The summed E-state index contributed by atoms with van der Waals surface area (Å²) in [6, 6.07) is 7.28. The van der Waals surface area contributed by atoms with E-state index in [0.29, 0.717) is 37.3 Å². The summed E-state index contributed by atoms with van der Waals surface area (Å²) in [5, 5.41) is 11.8. The van der Waals surface area contributed by atoms with Crippen LogP contribution in [0.5, 0.6) is 11.5 Å².